The van der Waals surface area contributed by atoms with Gasteiger partial charge in [0.25, 0.3) is 0 Å². The summed E-state index contributed by atoms with van der Waals surface area (Å²) in [5, 5.41) is 9.12. The van der Waals surface area contributed by atoms with Crippen molar-refractivity contribution in [3.05, 3.63) is 82.7 Å². The molecule has 0 aliphatic carbocycles. The fourth-order valence-corrected chi connectivity index (χ4v) is 4.23. The summed E-state index contributed by atoms with van der Waals surface area (Å²) in [6.45, 7) is 4.77. The van der Waals surface area contributed by atoms with Crippen LogP contribution >= 0.6 is 0 Å². The molecule has 0 saturated heterocycles. The Morgan fingerprint density at radius 2 is 2.00 bits per heavy atom. The van der Waals surface area contributed by atoms with Crippen molar-refractivity contribution in [2.24, 2.45) is 0 Å². The predicted octanol–water partition coefficient (Wildman–Crippen LogP) is 4.20. The van der Waals surface area contributed by atoms with Crippen LogP contribution in [0.2, 0.25) is 0 Å². The van der Waals surface area contributed by atoms with Crippen LogP contribution in [0.4, 0.5) is 0 Å². The van der Waals surface area contributed by atoms with Crippen LogP contribution in [0.5, 0.6) is 11.8 Å². The number of ether oxygens (including phenoxy) is 2. The molecule has 0 spiro atoms. The number of hydrogen-bond donors (Lipinski definition) is 1. The number of carboxylic acid groups (broad SMARTS) is 1. The van der Waals surface area contributed by atoms with Crippen molar-refractivity contribution >= 4 is 5.97 Å². The lowest BCUT2D eigenvalue weighted by molar-refractivity contribution is -0.137. The minimum atomic E-state index is -0.861. The number of methoxy groups -OCH3 is 1. The van der Waals surface area contributed by atoms with Gasteiger partial charge in [-0.05, 0) is 35.7 Å². The predicted molar refractivity (Wildman–Crippen MR) is 132 cm³/mol. The summed E-state index contributed by atoms with van der Waals surface area (Å²) in [5.74, 6) is 5.34. The molecule has 1 aromatic heterocycles. The summed E-state index contributed by atoms with van der Waals surface area (Å²) in [7, 11) is 1.59. The van der Waals surface area contributed by atoms with Crippen LogP contribution in [0.1, 0.15) is 47.2 Å². The van der Waals surface area contributed by atoms with E-state index in [9.17, 15) is 4.79 Å². The molecule has 2 aromatic carbocycles. The van der Waals surface area contributed by atoms with Crippen LogP contribution in [-0.2, 0) is 30.9 Å². The molecule has 0 fully saturated rings. The number of hydrogen-bond acceptors (Lipinski definition) is 6. The second-order valence-electron chi connectivity index (χ2n) is 8.51. The van der Waals surface area contributed by atoms with Gasteiger partial charge in [-0.2, -0.15) is 4.98 Å². The molecule has 35 heavy (non-hydrogen) atoms. The first-order valence-electron chi connectivity index (χ1n) is 11.6. The number of fused-ring (bicyclic) bond motifs is 1. The molecule has 4 rings (SSSR count). The van der Waals surface area contributed by atoms with Gasteiger partial charge in [-0.25, -0.2) is 4.98 Å². The number of carbonyl (C=O) groups is 1. The summed E-state index contributed by atoms with van der Waals surface area (Å²) in [6.07, 6.45) is 2.73. The number of benzene rings is 2. The van der Waals surface area contributed by atoms with Crippen LogP contribution in [0.25, 0.3) is 0 Å². The Balaban J connectivity index is 1.34. The third-order valence-corrected chi connectivity index (χ3v) is 5.96. The van der Waals surface area contributed by atoms with Crippen molar-refractivity contribution in [1.29, 1.82) is 0 Å². The van der Waals surface area contributed by atoms with E-state index < -0.39 is 5.97 Å². The number of rotatable bonds is 9. The van der Waals surface area contributed by atoms with E-state index in [1.54, 1.807) is 14.0 Å². The summed E-state index contributed by atoms with van der Waals surface area (Å²) >= 11 is 0. The highest BCUT2D eigenvalue weighted by Gasteiger charge is 2.19. The van der Waals surface area contributed by atoms with Crippen molar-refractivity contribution in [1.82, 2.24) is 14.9 Å². The van der Waals surface area contributed by atoms with Crippen LogP contribution in [0.3, 0.4) is 0 Å². The highest BCUT2D eigenvalue weighted by molar-refractivity contribution is 5.69. The van der Waals surface area contributed by atoms with Gasteiger partial charge in [0.2, 0.25) is 0 Å². The fraction of sp³-hybridized carbons (Fsp3) is 0.321. The summed E-state index contributed by atoms with van der Waals surface area (Å²) in [6, 6.07) is 16.4. The second-order valence-corrected chi connectivity index (χ2v) is 8.51. The topological polar surface area (TPSA) is 84.8 Å². The van der Waals surface area contributed by atoms with Gasteiger partial charge in [0, 0.05) is 37.8 Å². The van der Waals surface area contributed by atoms with Crippen LogP contribution in [-0.4, -0.2) is 39.6 Å². The van der Waals surface area contributed by atoms with E-state index in [-0.39, 0.29) is 12.3 Å². The molecule has 7 nitrogen and oxygen atoms in total. The number of carboxylic acids is 1. The minimum Gasteiger partial charge on any atom is -0.489 e. The first-order valence-corrected chi connectivity index (χ1v) is 11.6. The summed E-state index contributed by atoms with van der Waals surface area (Å²) < 4.78 is 11.1. The quantitative estimate of drug-likeness (QED) is 0.468. The highest BCUT2D eigenvalue weighted by Crippen LogP contribution is 2.24. The van der Waals surface area contributed by atoms with E-state index in [4.69, 9.17) is 14.6 Å². The molecule has 0 saturated carbocycles. The van der Waals surface area contributed by atoms with E-state index in [2.05, 4.69) is 51.0 Å². The van der Waals surface area contributed by atoms with Crippen molar-refractivity contribution in [3.63, 3.8) is 0 Å². The van der Waals surface area contributed by atoms with E-state index in [1.165, 1.54) is 5.56 Å². The van der Waals surface area contributed by atoms with Gasteiger partial charge in [0.1, 0.15) is 12.4 Å². The maximum atomic E-state index is 11.1. The average Bonchev–Trinajstić information content (AvgIpc) is 2.87. The van der Waals surface area contributed by atoms with E-state index in [1.807, 2.05) is 30.5 Å². The first-order chi connectivity index (χ1) is 17.0. The maximum absolute atomic E-state index is 11.1. The molecule has 3 aromatic rings. The normalized spacial score (nSPS) is 13.8. The monoisotopic (exact) mass is 471 g/mol. The number of aliphatic carboxylic acids is 1. The molecule has 1 unspecified atom stereocenters. The molecule has 180 valence electrons. The summed E-state index contributed by atoms with van der Waals surface area (Å²) in [4.78, 5) is 22.2. The lowest BCUT2D eigenvalue weighted by Crippen LogP contribution is -2.30. The lowest BCUT2D eigenvalue weighted by Gasteiger charge is -2.28. The van der Waals surface area contributed by atoms with Gasteiger partial charge in [-0.1, -0.05) is 42.3 Å². The maximum Gasteiger partial charge on any atom is 0.316 e. The smallest absolute Gasteiger partial charge is 0.316 e. The Labute approximate surface area is 205 Å². The molecule has 0 bridgehead atoms. The SMILES string of the molecule is CC#CC(CC(=O)O)c1ccc(OCc2cccc(CN3CCc4nc(OC)ncc4C3)c2)cc1. The van der Waals surface area contributed by atoms with Gasteiger partial charge < -0.3 is 14.6 Å². The molecule has 7 heteroatoms. The van der Waals surface area contributed by atoms with Gasteiger partial charge in [0.05, 0.1) is 25.1 Å². The van der Waals surface area contributed by atoms with Crippen molar-refractivity contribution in [2.45, 2.75) is 45.4 Å². The summed E-state index contributed by atoms with van der Waals surface area (Å²) in [5.41, 5.74) is 5.42. The van der Waals surface area contributed by atoms with Gasteiger partial charge in [0.15, 0.2) is 0 Å². The van der Waals surface area contributed by atoms with Crippen LogP contribution in [0, 0.1) is 11.8 Å². The standard InChI is InChI=1S/C28H29N3O4/c1-3-5-23(15-27(32)33)22-8-10-25(11-9-22)35-19-21-7-4-6-20(14-21)17-31-13-12-26-24(18-31)16-29-28(30-26)34-2/h4,6-11,14,16,23H,12-13,15,17-19H2,1-2H3,(H,32,33). The first kappa shape index (κ1) is 24.2. The zero-order chi connectivity index (χ0) is 24.6. The molecular formula is C28H29N3O4. The molecule has 1 aliphatic rings. The highest BCUT2D eigenvalue weighted by atomic mass is 16.5. The molecule has 0 radical (unpaired) electrons. The molecular weight excluding hydrogens is 442 g/mol. The van der Waals surface area contributed by atoms with Crippen molar-refractivity contribution in [2.75, 3.05) is 13.7 Å². The van der Waals surface area contributed by atoms with E-state index >= 15 is 0 Å². The number of nitrogens with zero attached hydrogens (tertiary/aromatic N) is 3. The molecule has 2 heterocycles. The number of aromatic nitrogens is 2. The lowest BCUT2D eigenvalue weighted by atomic mass is 9.96. The Bertz CT molecular complexity index is 1230. The Kier molecular flexibility index (Phi) is 7.96. The molecule has 1 atom stereocenters. The zero-order valence-corrected chi connectivity index (χ0v) is 20.0. The van der Waals surface area contributed by atoms with E-state index in [0.29, 0.717) is 12.6 Å². The zero-order valence-electron chi connectivity index (χ0n) is 20.0. The third kappa shape index (κ3) is 6.58. The van der Waals surface area contributed by atoms with Crippen molar-refractivity contribution < 1.29 is 19.4 Å². The molecule has 0 amide bonds. The third-order valence-electron chi connectivity index (χ3n) is 5.96. The molecule has 1 aliphatic heterocycles. The van der Waals surface area contributed by atoms with Crippen molar-refractivity contribution in [3.8, 4) is 23.6 Å². The average molecular weight is 472 g/mol. The second kappa shape index (κ2) is 11.5. The largest absolute Gasteiger partial charge is 0.489 e. The Morgan fingerprint density at radius 3 is 2.74 bits per heavy atom. The van der Waals surface area contributed by atoms with Gasteiger partial charge in [-0.15, -0.1) is 5.92 Å². The Morgan fingerprint density at radius 1 is 1.20 bits per heavy atom. The Hall–Kier alpha value is -3.89. The van der Waals surface area contributed by atoms with Crippen LogP contribution in [0.15, 0.2) is 54.7 Å². The van der Waals surface area contributed by atoms with Gasteiger partial charge in [-0.3, -0.25) is 9.69 Å². The fourth-order valence-electron chi connectivity index (χ4n) is 4.23. The molecule has 1 N–H and O–H groups in total. The minimum absolute atomic E-state index is 0.0162. The van der Waals surface area contributed by atoms with E-state index in [0.717, 1.165) is 54.2 Å². The van der Waals surface area contributed by atoms with Crippen LogP contribution < -0.4 is 9.47 Å². The van der Waals surface area contributed by atoms with Gasteiger partial charge >= 0.3 is 12.0 Å².